The molecular weight excluding hydrogens is 265 g/mol. The Kier molecular flexibility index (Phi) is 4.23. The van der Waals surface area contributed by atoms with Crippen molar-refractivity contribution in [2.75, 3.05) is 5.48 Å². The Morgan fingerprint density at radius 1 is 1.32 bits per heavy atom. The summed E-state index contributed by atoms with van der Waals surface area (Å²) in [7, 11) is 0. The number of halogens is 3. The summed E-state index contributed by atoms with van der Waals surface area (Å²) < 4.78 is 42.0. The first kappa shape index (κ1) is 15.1. The van der Waals surface area contributed by atoms with Gasteiger partial charge in [0.25, 0.3) is 0 Å². The lowest BCUT2D eigenvalue weighted by molar-refractivity contribution is -0.137. The number of ether oxygens (including phenoxy) is 1. The number of nitrogens with zero attached hydrogens (tertiary/aromatic N) is 1. The summed E-state index contributed by atoms with van der Waals surface area (Å²) in [6.45, 7) is 4.87. The van der Waals surface area contributed by atoms with E-state index in [-0.39, 0.29) is 5.82 Å². The van der Waals surface area contributed by atoms with Gasteiger partial charge in [0, 0.05) is 6.20 Å². The summed E-state index contributed by atoms with van der Waals surface area (Å²) in [5, 5.41) is 0. The average Bonchev–Trinajstić information content (AvgIpc) is 2.23. The van der Waals surface area contributed by atoms with E-state index in [1.807, 2.05) is 5.48 Å². The van der Waals surface area contributed by atoms with Gasteiger partial charge in [0.1, 0.15) is 5.60 Å². The third-order valence-electron chi connectivity index (χ3n) is 1.72. The first-order valence-corrected chi connectivity index (χ1v) is 5.27. The van der Waals surface area contributed by atoms with Gasteiger partial charge in [-0.05, 0) is 32.9 Å². The number of rotatable bonds is 2. The molecule has 106 valence electrons. The van der Waals surface area contributed by atoms with Gasteiger partial charge < -0.3 is 9.57 Å². The van der Waals surface area contributed by atoms with Crippen LogP contribution in [0.1, 0.15) is 26.3 Å². The van der Waals surface area contributed by atoms with Crippen LogP contribution in [-0.4, -0.2) is 16.7 Å². The molecular formula is C11H13F3N2O3. The highest BCUT2D eigenvalue weighted by Crippen LogP contribution is 2.29. The van der Waals surface area contributed by atoms with Crippen molar-refractivity contribution >= 4 is 12.0 Å². The van der Waals surface area contributed by atoms with Crippen molar-refractivity contribution in [2.24, 2.45) is 0 Å². The summed E-state index contributed by atoms with van der Waals surface area (Å²) in [5.74, 6) is -0.249. The average molecular weight is 278 g/mol. The van der Waals surface area contributed by atoms with E-state index in [0.717, 1.165) is 12.3 Å². The van der Waals surface area contributed by atoms with Crippen LogP contribution in [0.15, 0.2) is 18.3 Å². The number of pyridine rings is 1. The molecule has 0 aromatic carbocycles. The number of carbonyl (C=O) groups excluding carboxylic acids is 1. The first-order chi connectivity index (χ1) is 8.58. The van der Waals surface area contributed by atoms with E-state index in [9.17, 15) is 18.0 Å². The van der Waals surface area contributed by atoms with Crippen LogP contribution in [-0.2, 0) is 15.8 Å². The quantitative estimate of drug-likeness (QED) is 0.663. The maximum absolute atomic E-state index is 12.4. The minimum atomic E-state index is -4.49. The van der Waals surface area contributed by atoms with Crippen LogP contribution in [0.5, 0.6) is 0 Å². The Morgan fingerprint density at radius 3 is 2.47 bits per heavy atom. The second kappa shape index (κ2) is 5.33. The second-order valence-electron chi connectivity index (χ2n) is 4.60. The number of aromatic nitrogens is 1. The summed E-state index contributed by atoms with van der Waals surface area (Å²) in [6.07, 6.45) is -4.61. The molecule has 1 N–H and O–H groups in total. The Morgan fingerprint density at radius 2 is 1.95 bits per heavy atom. The van der Waals surface area contributed by atoms with Crippen LogP contribution < -0.4 is 5.48 Å². The molecule has 1 heterocycles. The molecule has 0 amide bonds. The first-order valence-electron chi connectivity index (χ1n) is 5.27. The van der Waals surface area contributed by atoms with E-state index in [0.29, 0.717) is 6.07 Å². The lowest BCUT2D eigenvalue weighted by atomic mass is 10.2. The molecule has 1 aromatic heterocycles. The number of nitrogens with one attached hydrogen (secondary N) is 1. The summed E-state index contributed by atoms with van der Waals surface area (Å²) in [6, 6.07) is 1.52. The van der Waals surface area contributed by atoms with E-state index in [1.165, 1.54) is 0 Å². The van der Waals surface area contributed by atoms with Crippen molar-refractivity contribution in [3.05, 3.63) is 23.9 Å². The molecule has 0 radical (unpaired) electrons. The zero-order chi connectivity index (χ0) is 14.7. The zero-order valence-electron chi connectivity index (χ0n) is 10.5. The molecule has 0 aliphatic carbocycles. The molecule has 0 saturated heterocycles. The predicted molar refractivity (Wildman–Crippen MR) is 60.2 cm³/mol. The van der Waals surface area contributed by atoms with Gasteiger partial charge in [-0.15, -0.1) is 0 Å². The summed E-state index contributed by atoms with van der Waals surface area (Å²) in [4.78, 5) is 19.2. The van der Waals surface area contributed by atoms with Gasteiger partial charge in [-0.1, -0.05) is 0 Å². The topological polar surface area (TPSA) is 60.5 Å². The highest BCUT2D eigenvalue weighted by Gasteiger charge is 2.30. The highest BCUT2D eigenvalue weighted by molar-refractivity contribution is 5.61. The third-order valence-corrected chi connectivity index (χ3v) is 1.72. The molecule has 0 saturated carbocycles. The normalized spacial score (nSPS) is 11.9. The van der Waals surface area contributed by atoms with Crippen molar-refractivity contribution in [1.29, 1.82) is 0 Å². The van der Waals surface area contributed by atoms with Crippen LogP contribution in [0.2, 0.25) is 0 Å². The molecule has 5 nitrogen and oxygen atoms in total. The fourth-order valence-electron chi connectivity index (χ4n) is 1.03. The summed E-state index contributed by atoms with van der Waals surface area (Å²) in [5.41, 5.74) is 0.325. The molecule has 1 rings (SSSR count). The highest BCUT2D eigenvalue weighted by atomic mass is 19.4. The van der Waals surface area contributed by atoms with Gasteiger partial charge in [-0.25, -0.2) is 9.78 Å². The minimum absolute atomic E-state index is 0.249. The molecule has 0 atom stereocenters. The van der Waals surface area contributed by atoms with Crippen molar-refractivity contribution in [3.8, 4) is 0 Å². The Hall–Kier alpha value is -1.99. The van der Waals surface area contributed by atoms with E-state index >= 15 is 0 Å². The number of carbonyl (C=O) groups is 1. The maximum Gasteiger partial charge on any atom is 0.533 e. The minimum Gasteiger partial charge on any atom is -0.427 e. The molecule has 0 bridgehead atoms. The van der Waals surface area contributed by atoms with Gasteiger partial charge in [0.05, 0.1) is 5.56 Å². The molecule has 8 heteroatoms. The number of hydrogen-bond donors (Lipinski definition) is 1. The molecule has 1 aromatic rings. The maximum atomic E-state index is 12.4. The molecule has 0 fully saturated rings. The third kappa shape index (κ3) is 5.45. The van der Waals surface area contributed by atoms with Gasteiger partial charge in [-0.2, -0.15) is 18.7 Å². The van der Waals surface area contributed by atoms with Crippen molar-refractivity contribution in [2.45, 2.75) is 32.5 Å². The molecule has 0 aliphatic heterocycles. The molecule has 0 aliphatic rings. The fourth-order valence-corrected chi connectivity index (χ4v) is 1.03. The van der Waals surface area contributed by atoms with Gasteiger partial charge in [0.2, 0.25) is 0 Å². The lowest BCUT2D eigenvalue weighted by Crippen LogP contribution is -2.26. The van der Waals surface area contributed by atoms with E-state index < -0.39 is 23.5 Å². The Balaban J connectivity index is 2.62. The monoisotopic (exact) mass is 278 g/mol. The van der Waals surface area contributed by atoms with Crippen LogP contribution in [0, 0.1) is 0 Å². The van der Waals surface area contributed by atoms with Gasteiger partial charge in [0.15, 0.2) is 5.82 Å². The SMILES string of the molecule is CC(C)(C)OC(=O)ONc1cc(C(F)(F)F)ccn1. The fraction of sp³-hybridized carbons (Fsp3) is 0.455. The number of anilines is 1. The second-order valence-corrected chi connectivity index (χ2v) is 4.60. The van der Waals surface area contributed by atoms with E-state index in [1.54, 1.807) is 20.8 Å². The van der Waals surface area contributed by atoms with Crippen molar-refractivity contribution in [1.82, 2.24) is 4.98 Å². The molecule has 0 spiro atoms. The Labute approximate surface area is 107 Å². The van der Waals surface area contributed by atoms with E-state index in [2.05, 4.69) is 9.82 Å². The van der Waals surface area contributed by atoms with E-state index in [4.69, 9.17) is 4.74 Å². The lowest BCUT2D eigenvalue weighted by Gasteiger charge is -2.18. The summed E-state index contributed by atoms with van der Waals surface area (Å²) >= 11 is 0. The van der Waals surface area contributed by atoms with Crippen LogP contribution in [0.25, 0.3) is 0 Å². The standard InChI is InChI=1S/C11H13F3N2O3/c1-10(2,3)18-9(17)19-16-8-6-7(4-5-15-8)11(12,13)14/h4-6H,1-3H3,(H,15,16). The van der Waals surface area contributed by atoms with Crippen molar-refractivity contribution < 1.29 is 27.5 Å². The Bertz CT molecular complexity index is 455. The predicted octanol–water partition coefficient (Wildman–Crippen LogP) is 3.38. The van der Waals surface area contributed by atoms with Crippen LogP contribution in [0.3, 0.4) is 0 Å². The molecule has 0 unspecified atom stereocenters. The van der Waals surface area contributed by atoms with Crippen molar-refractivity contribution in [3.63, 3.8) is 0 Å². The zero-order valence-corrected chi connectivity index (χ0v) is 10.5. The van der Waals surface area contributed by atoms with Crippen LogP contribution >= 0.6 is 0 Å². The largest absolute Gasteiger partial charge is 0.533 e. The van der Waals surface area contributed by atoms with Gasteiger partial charge in [-0.3, -0.25) is 0 Å². The van der Waals surface area contributed by atoms with Gasteiger partial charge >= 0.3 is 12.3 Å². The molecule has 19 heavy (non-hydrogen) atoms. The smallest absolute Gasteiger partial charge is 0.427 e. The number of hydrogen-bond acceptors (Lipinski definition) is 5. The van der Waals surface area contributed by atoms with Crippen LogP contribution in [0.4, 0.5) is 23.8 Å². The number of alkyl halides is 3.